The van der Waals surface area contributed by atoms with Gasteiger partial charge in [-0.15, -0.1) is 0 Å². The highest BCUT2D eigenvalue weighted by Gasteiger charge is 2.30. The third-order valence-electron chi connectivity index (χ3n) is 2.89. The van der Waals surface area contributed by atoms with Crippen molar-refractivity contribution in [2.45, 2.75) is 12.7 Å². The summed E-state index contributed by atoms with van der Waals surface area (Å²) in [6.45, 7) is -0.0748. The van der Waals surface area contributed by atoms with Gasteiger partial charge in [-0.3, -0.25) is 0 Å². The predicted octanol–water partition coefficient (Wildman–Crippen LogP) is 4.93. The van der Waals surface area contributed by atoms with Gasteiger partial charge in [0.15, 0.2) is 0 Å². The lowest BCUT2D eigenvalue weighted by Crippen LogP contribution is -2.28. The Kier molecular flexibility index (Phi) is 5.25. The summed E-state index contributed by atoms with van der Waals surface area (Å²) in [4.78, 5) is 11.7. The molecule has 3 nitrogen and oxygen atoms in total. The second kappa shape index (κ2) is 6.99. The van der Waals surface area contributed by atoms with Crippen LogP contribution in [-0.2, 0) is 12.7 Å². The fraction of sp³-hybridized carbons (Fsp3) is 0.133. The number of rotatable bonds is 3. The Morgan fingerprint density at radius 1 is 1.13 bits per heavy atom. The second-order valence-electron chi connectivity index (χ2n) is 4.63. The summed E-state index contributed by atoms with van der Waals surface area (Å²) in [5.41, 5.74) is -0.125. The maximum absolute atomic E-state index is 12.9. The normalized spacial score (nSPS) is 11.2. The predicted molar refractivity (Wildman–Crippen MR) is 81.4 cm³/mol. The van der Waals surface area contributed by atoms with E-state index in [1.165, 1.54) is 30.3 Å². The Labute approximate surface area is 137 Å². The minimum atomic E-state index is -4.43. The SMILES string of the molecule is O=C(NCc1cccc(C(F)(F)F)c1)Nc1ccc(F)cc1Br. The molecule has 23 heavy (non-hydrogen) atoms. The van der Waals surface area contributed by atoms with Crippen molar-refractivity contribution in [1.82, 2.24) is 5.32 Å². The minimum absolute atomic E-state index is 0.0748. The van der Waals surface area contributed by atoms with Crippen LogP contribution in [0, 0.1) is 5.82 Å². The number of anilines is 1. The van der Waals surface area contributed by atoms with E-state index < -0.39 is 23.6 Å². The lowest BCUT2D eigenvalue weighted by Gasteiger charge is -2.11. The molecule has 0 heterocycles. The van der Waals surface area contributed by atoms with Crippen LogP contribution in [0.4, 0.5) is 28.0 Å². The fourth-order valence-electron chi connectivity index (χ4n) is 1.80. The van der Waals surface area contributed by atoms with E-state index >= 15 is 0 Å². The summed E-state index contributed by atoms with van der Waals surface area (Å²) in [6.07, 6.45) is -4.43. The van der Waals surface area contributed by atoms with Crippen molar-refractivity contribution in [2.75, 3.05) is 5.32 Å². The first-order valence-corrected chi connectivity index (χ1v) is 7.21. The van der Waals surface area contributed by atoms with Crippen LogP contribution < -0.4 is 10.6 Å². The van der Waals surface area contributed by atoms with Crippen LogP contribution in [0.3, 0.4) is 0 Å². The Hall–Kier alpha value is -2.09. The minimum Gasteiger partial charge on any atom is -0.334 e. The summed E-state index contributed by atoms with van der Waals surface area (Å²) in [5, 5.41) is 4.90. The molecule has 122 valence electrons. The number of carbonyl (C=O) groups is 1. The topological polar surface area (TPSA) is 41.1 Å². The number of hydrogen-bond donors (Lipinski definition) is 2. The zero-order valence-electron chi connectivity index (χ0n) is 11.5. The molecule has 0 saturated heterocycles. The number of urea groups is 1. The number of amides is 2. The van der Waals surface area contributed by atoms with Crippen LogP contribution in [0.2, 0.25) is 0 Å². The number of nitrogens with one attached hydrogen (secondary N) is 2. The molecule has 0 aliphatic rings. The van der Waals surface area contributed by atoms with E-state index in [4.69, 9.17) is 0 Å². The van der Waals surface area contributed by atoms with Gasteiger partial charge >= 0.3 is 12.2 Å². The van der Waals surface area contributed by atoms with Gasteiger partial charge in [-0.1, -0.05) is 12.1 Å². The Balaban J connectivity index is 1.97. The Bertz CT molecular complexity index is 719. The Morgan fingerprint density at radius 3 is 2.52 bits per heavy atom. The van der Waals surface area contributed by atoms with Crippen molar-refractivity contribution in [2.24, 2.45) is 0 Å². The van der Waals surface area contributed by atoms with Gasteiger partial charge in [-0.25, -0.2) is 9.18 Å². The van der Waals surface area contributed by atoms with Gasteiger partial charge in [-0.2, -0.15) is 13.2 Å². The molecule has 0 fully saturated rings. The highest BCUT2D eigenvalue weighted by molar-refractivity contribution is 9.10. The van der Waals surface area contributed by atoms with Gasteiger partial charge in [0, 0.05) is 11.0 Å². The number of halogens is 5. The second-order valence-corrected chi connectivity index (χ2v) is 5.48. The molecule has 2 aromatic carbocycles. The van der Waals surface area contributed by atoms with Crippen molar-refractivity contribution in [3.8, 4) is 0 Å². The maximum Gasteiger partial charge on any atom is 0.416 e. The number of benzene rings is 2. The van der Waals surface area contributed by atoms with Crippen LogP contribution in [-0.4, -0.2) is 6.03 Å². The van der Waals surface area contributed by atoms with Crippen LogP contribution >= 0.6 is 15.9 Å². The van der Waals surface area contributed by atoms with E-state index in [2.05, 4.69) is 26.6 Å². The van der Waals surface area contributed by atoms with E-state index in [1.54, 1.807) is 0 Å². The molecule has 2 N–H and O–H groups in total. The molecule has 0 aliphatic carbocycles. The quantitative estimate of drug-likeness (QED) is 0.716. The van der Waals surface area contributed by atoms with E-state index in [-0.39, 0.29) is 6.54 Å². The molecule has 0 spiro atoms. The third-order valence-corrected chi connectivity index (χ3v) is 3.54. The lowest BCUT2D eigenvalue weighted by molar-refractivity contribution is -0.137. The zero-order valence-corrected chi connectivity index (χ0v) is 13.1. The first-order chi connectivity index (χ1) is 10.8. The molecule has 0 unspecified atom stereocenters. The van der Waals surface area contributed by atoms with Gasteiger partial charge in [0.2, 0.25) is 0 Å². The maximum atomic E-state index is 12.9. The number of alkyl halides is 3. The monoisotopic (exact) mass is 390 g/mol. The lowest BCUT2D eigenvalue weighted by atomic mass is 10.1. The molecule has 0 saturated carbocycles. The summed E-state index contributed by atoms with van der Waals surface area (Å²) in [5.74, 6) is -0.466. The van der Waals surface area contributed by atoms with E-state index in [1.807, 2.05) is 0 Å². The standard InChI is InChI=1S/C15H11BrF4N2O/c16-12-7-11(17)4-5-13(12)22-14(23)21-8-9-2-1-3-10(6-9)15(18,19)20/h1-7H,8H2,(H2,21,22,23). The molecular weight excluding hydrogens is 380 g/mol. The van der Waals surface area contributed by atoms with Crippen molar-refractivity contribution in [3.05, 3.63) is 63.9 Å². The molecule has 8 heteroatoms. The first-order valence-electron chi connectivity index (χ1n) is 6.42. The summed E-state index contributed by atoms with van der Waals surface area (Å²) < 4.78 is 51.1. The largest absolute Gasteiger partial charge is 0.416 e. The van der Waals surface area contributed by atoms with Crippen LogP contribution in [0.1, 0.15) is 11.1 Å². The Morgan fingerprint density at radius 2 is 1.87 bits per heavy atom. The first kappa shape index (κ1) is 17.3. The zero-order chi connectivity index (χ0) is 17.0. The molecular formula is C15H11BrF4N2O. The average molecular weight is 391 g/mol. The van der Waals surface area contributed by atoms with Crippen LogP contribution in [0.25, 0.3) is 0 Å². The molecule has 2 amide bonds. The number of carbonyl (C=O) groups excluding carboxylic acids is 1. The van der Waals surface area contributed by atoms with Crippen molar-refractivity contribution < 1.29 is 22.4 Å². The molecule has 0 bridgehead atoms. The van der Waals surface area contributed by atoms with Gasteiger partial charge < -0.3 is 10.6 Å². The van der Waals surface area contributed by atoms with Crippen molar-refractivity contribution >= 4 is 27.6 Å². The third kappa shape index (κ3) is 4.95. The summed E-state index contributed by atoms with van der Waals surface area (Å²) >= 11 is 3.10. The molecule has 0 aliphatic heterocycles. The molecule has 2 aromatic rings. The molecule has 0 radical (unpaired) electrons. The van der Waals surface area contributed by atoms with Gasteiger partial charge in [0.1, 0.15) is 5.82 Å². The summed E-state index contributed by atoms with van der Waals surface area (Å²) in [7, 11) is 0. The summed E-state index contributed by atoms with van der Waals surface area (Å²) in [6, 6.07) is 7.78. The van der Waals surface area contributed by atoms with E-state index in [0.29, 0.717) is 15.7 Å². The highest BCUT2D eigenvalue weighted by atomic mass is 79.9. The van der Waals surface area contributed by atoms with Gasteiger partial charge in [-0.05, 0) is 51.8 Å². The van der Waals surface area contributed by atoms with E-state index in [9.17, 15) is 22.4 Å². The molecule has 2 rings (SSSR count). The van der Waals surface area contributed by atoms with Gasteiger partial charge in [0.05, 0.1) is 11.3 Å². The van der Waals surface area contributed by atoms with Crippen molar-refractivity contribution in [3.63, 3.8) is 0 Å². The fourth-order valence-corrected chi connectivity index (χ4v) is 2.25. The van der Waals surface area contributed by atoms with Crippen LogP contribution in [0.15, 0.2) is 46.9 Å². The smallest absolute Gasteiger partial charge is 0.334 e. The van der Waals surface area contributed by atoms with Gasteiger partial charge in [0.25, 0.3) is 0 Å². The van der Waals surface area contributed by atoms with Crippen molar-refractivity contribution in [1.29, 1.82) is 0 Å². The number of hydrogen-bond acceptors (Lipinski definition) is 1. The van der Waals surface area contributed by atoms with E-state index in [0.717, 1.165) is 12.1 Å². The molecule has 0 aromatic heterocycles. The molecule has 0 atom stereocenters. The highest BCUT2D eigenvalue weighted by Crippen LogP contribution is 2.29. The average Bonchev–Trinajstić information content (AvgIpc) is 2.47. The van der Waals surface area contributed by atoms with Crippen LogP contribution in [0.5, 0.6) is 0 Å².